The average Bonchev–Trinajstić information content (AvgIpc) is 2.67. The molecule has 0 aromatic heterocycles. The molecule has 25 heavy (non-hydrogen) atoms. The van der Waals surface area contributed by atoms with Crippen molar-refractivity contribution >= 4 is 11.6 Å². The van der Waals surface area contributed by atoms with Crippen LogP contribution in [0.3, 0.4) is 0 Å². The number of nitrogens with one attached hydrogen (secondary N) is 1. The maximum Gasteiger partial charge on any atom is 0.220 e. The molecule has 0 unspecified atom stereocenters. The molecule has 132 valence electrons. The van der Waals surface area contributed by atoms with Crippen molar-refractivity contribution in [2.24, 2.45) is 0 Å². The van der Waals surface area contributed by atoms with Gasteiger partial charge < -0.3 is 15.0 Å². The molecule has 0 saturated carbocycles. The number of hydrogen-bond acceptors (Lipinski definition) is 3. The van der Waals surface area contributed by atoms with Crippen LogP contribution in [-0.2, 0) is 22.5 Å². The van der Waals surface area contributed by atoms with Crippen molar-refractivity contribution in [1.82, 2.24) is 5.32 Å². The Kier molecular flexibility index (Phi) is 6.07. The first kappa shape index (κ1) is 17.5. The molecule has 0 spiro atoms. The molecule has 4 heteroatoms. The molecule has 1 aliphatic heterocycles. The van der Waals surface area contributed by atoms with E-state index in [4.69, 9.17) is 4.74 Å². The van der Waals surface area contributed by atoms with Crippen molar-refractivity contribution in [3.05, 3.63) is 65.2 Å². The number of rotatable bonds is 6. The van der Waals surface area contributed by atoms with E-state index in [0.29, 0.717) is 13.0 Å². The van der Waals surface area contributed by atoms with Gasteiger partial charge in [0.25, 0.3) is 0 Å². The van der Waals surface area contributed by atoms with Crippen molar-refractivity contribution in [2.45, 2.75) is 26.3 Å². The quantitative estimate of drug-likeness (QED) is 0.880. The Morgan fingerprint density at radius 2 is 1.64 bits per heavy atom. The smallest absolute Gasteiger partial charge is 0.220 e. The first-order chi connectivity index (χ1) is 12.2. The second-order valence-corrected chi connectivity index (χ2v) is 6.53. The van der Waals surface area contributed by atoms with Crippen LogP contribution >= 0.6 is 0 Å². The van der Waals surface area contributed by atoms with Crippen molar-refractivity contribution in [1.29, 1.82) is 0 Å². The van der Waals surface area contributed by atoms with Crippen molar-refractivity contribution in [2.75, 3.05) is 31.2 Å². The Balaban J connectivity index is 1.43. The first-order valence-electron chi connectivity index (χ1n) is 8.94. The summed E-state index contributed by atoms with van der Waals surface area (Å²) in [6.45, 7) is 6.13. The molecule has 0 aliphatic carbocycles. The van der Waals surface area contributed by atoms with Gasteiger partial charge in [-0.2, -0.15) is 0 Å². The normalized spacial score (nSPS) is 14.4. The molecular formula is C21H26N2O2. The number of benzene rings is 2. The number of nitrogens with zero attached hydrogens (tertiary/aromatic N) is 1. The molecule has 1 heterocycles. The minimum Gasteiger partial charge on any atom is -0.378 e. The highest BCUT2D eigenvalue weighted by Gasteiger charge is 2.11. The van der Waals surface area contributed by atoms with Crippen molar-refractivity contribution in [3.8, 4) is 0 Å². The van der Waals surface area contributed by atoms with Crippen LogP contribution < -0.4 is 10.2 Å². The first-order valence-corrected chi connectivity index (χ1v) is 8.94. The number of aryl methyl sites for hydroxylation is 2. The van der Waals surface area contributed by atoms with E-state index in [9.17, 15) is 4.79 Å². The largest absolute Gasteiger partial charge is 0.378 e. The van der Waals surface area contributed by atoms with E-state index in [2.05, 4.69) is 65.7 Å². The van der Waals surface area contributed by atoms with Crippen molar-refractivity contribution < 1.29 is 9.53 Å². The molecule has 3 rings (SSSR count). The van der Waals surface area contributed by atoms with E-state index in [1.165, 1.54) is 16.8 Å². The van der Waals surface area contributed by atoms with Crippen LogP contribution in [0.15, 0.2) is 48.5 Å². The number of ether oxygens (including phenoxy) is 1. The number of morpholine rings is 1. The summed E-state index contributed by atoms with van der Waals surface area (Å²) in [6, 6.07) is 16.8. The van der Waals surface area contributed by atoms with Gasteiger partial charge >= 0.3 is 0 Å². The van der Waals surface area contributed by atoms with Gasteiger partial charge in [0, 0.05) is 31.7 Å². The Labute approximate surface area is 149 Å². The molecule has 2 aromatic carbocycles. The Hall–Kier alpha value is -2.33. The monoisotopic (exact) mass is 338 g/mol. The minimum atomic E-state index is 0.0952. The lowest BCUT2D eigenvalue weighted by atomic mass is 10.1. The Bertz CT molecular complexity index is 674. The number of anilines is 1. The highest BCUT2D eigenvalue weighted by Crippen LogP contribution is 2.17. The second kappa shape index (κ2) is 8.67. The summed E-state index contributed by atoms with van der Waals surface area (Å²) >= 11 is 0. The number of carbonyl (C=O) groups is 1. The molecule has 1 amide bonds. The third-order valence-electron chi connectivity index (χ3n) is 4.56. The SMILES string of the molecule is Cc1ccc(CNC(=O)CCc2ccc(N3CCOCC3)cc2)cc1. The summed E-state index contributed by atoms with van der Waals surface area (Å²) in [6.07, 6.45) is 1.28. The molecule has 0 bridgehead atoms. The van der Waals surface area contributed by atoms with Gasteiger partial charge in [0.1, 0.15) is 0 Å². The van der Waals surface area contributed by atoms with E-state index >= 15 is 0 Å². The molecule has 1 saturated heterocycles. The van der Waals surface area contributed by atoms with E-state index < -0.39 is 0 Å². The van der Waals surface area contributed by atoms with Crippen LogP contribution in [0.4, 0.5) is 5.69 Å². The summed E-state index contributed by atoms with van der Waals surface area (Å²) in [4.78, 5) is 14.4. The summed E-state index contributed by atoms with van der Waals surface area (Å²) in [7, 11) is 0. The topological polar surface area (TPSA) is 41.6 Å². The van der Waals surface area contributed by atoms with Gasteiger partial charge in [-0.15, -0.1) is 0 Å². The van der Waals surface area contributed by atoms with Crippen molar-refractivity contribution in [3.63, 3.8) is 0 Å². The van der Waals surface area contributed by atoms with Gasteiger partial charge in [-0.3, -0.25) is 4.79 Å². The van der Waals surface area contributed by atoms with Gasteiger partial charge in [-0.25, -0.2) is 0 Å². The lowest BCUT2D eigenvalue weighted by Gasteiger charge is -2.28. The van der Waals surface area contributed by atoms with Crippen LogP contribution in [0, 0.1) is 6.92 Å². The summed E-state index contributed by atoms with van der Waals surface area (Å²) in [5.74, 6) is 0.0952. The van der Waals surface area contributed by atoms with Crippen LogP contribution in [0.2, 0.25) is 0 Å². The van der Waals surface area contributed by atoms with Gasteiger partial charge in [0.15, 0.2) is 0 Å². The van der Waals surface area contributed by atoms with Crippen LogP contribution in [0.5, 0.6) is 0 Å². The zero-order chi connectivity index (χ0) is 17.5. The summed E-state index contributed by atoms with van der Waals surface area (Å²) < 4.78 is 5.38. The molecule has 1 aliphatic rings. The van der Waals surface area contributed by atoms with E-state index in [-0.39, 0.29) is 5.91 Å². The highest BCUT2D eigenvalue weighted by molar-refractivity contribution is 5.76. The lowest BCUT2D eigenvalue weighted by Crippen LogP contribution is -2.36. The molecule has 0 atom stereocenters. The predicted molar refractivity (Wildman–Crippen MR) is 101 cm³/mol. The van der Waals surface area contributed by atoms with Crippen LogP contribution in [0.1, 0.15) is 23.1 Å². The summed E-state index contributed by atoms with van der Waals surface area (Å²) in [5, 5.41) is 2.99. The third kappa shape index (κ3) is 5.33. The van der Waals surface area contributed by atoms with E-state index in [0.717, 1.165) is 38.3 Å². The number of carbonyl (C=O) groups excluding carboxylic acids is 1. The Morgan fingerprint density at radius 1 is 1.00 bits per heavy atom. The van der Waals surface area contributed by atoms with Gasteiger partial charge in [0.2, 0.25) is 5.91 Å². The molecule has 2 aromatic rings. The molecule has 4 nitrogen and oxygen atoms in total. The Morgan fingerprint density at radius 3 is 2.32 bits per heavy atom. The minimum absolute atomic E-state index is 0.0952. The number of amides is 1. The lowest BCUT2D eigenvalue weighted by molar-refractivity contribution is -0.121. The standard InChI is InChI=1S/C21H26N2O2/c1-17-2-4-19(5-3-17)16-22-21(24)11-8-18-6-9-20(10-7-18)23-12-14-25-15-13-23/h2-7,9-10H,8,11-16H2,1H3,(H,22,24). The van der Waals surface area contributed by atoms with E-state index in [1.54, 1.807) is 0 Å². The highest BCUT2D eigenvalue weighted by atomic mass is 16.5. The number of hydrogen-bond donors (Lipinski definition) is 1. The van der Waals surface area contributed by atoms with Gasteiger partial charge in [-0.1, -0.05) is 42.0 Å². The fourth-order valence-corrected chi connectivity index (χ4v) is 2.95. The van der Waals surface area contributed by atoms with Gasteiger partial charge in [-0.05, 0) is 36.6 Å². The second-order valence-electron chi connectivity index (χ2n) is 6.53. The zero-order valence-electron chi connectivity index (χ0n) is 14.8. The maximum absolute atomic E-state index is 12.0. The molecule has 1 N–H and O–H groups in total. The van der Waals surface area contributed by atoms with E-state index in [1.807, 2.05) is 0 Å². The third-order valence-corrected chi connectivity index (χ3v) is 4.56. The van der Waals surface area contributed by atoms with Gasteiger partial charge in [0.05, 0.1) is 13.2 Å². The predicted octanol–water partition coefficient (Wildman–Crippen LogP) is 3.08. The fourth-order valence-electron chi connectivity index (χ4n) is 2.95. The maximum atomic E-state index is 12.0. The van der Waals surface area contributed by atoms with Crippen LogP contribution in [-0.4, -0.2) is 32.2 Å². The summed E-state index contributed by atoms with van der Waals surface area (Å²) in [5.41, 5.74) is 4.79. The zero-order valence-corrected chi connectivity index (χ0v) is 14.8. The molecule has 1 fully saturated rings. The fraction of sp³-hybridized carbons (Fsp3) is 0.381. The average molecular weight is 338 g/mol. The molecular weight excluding hydrogens is 312 g/mol. The molecule has 0 radical (unpaired) electrons. The van der Waals surface area contributed by atoms with Crippen LogP contribution in [0.25, 0.3) is 0 Å².